The van der Waals surface area contributed by atoms with Crippen molar-refractivity contribution in [2.75, 3.05) is 18.4 Å². The molecular formula is C22H23N3O2S. The van der Waals surface area contributed by atoms with Crippen LogP contribution >= 0.6 is 11.3 Å². The Morgan fingerprint density at radius 1 is 1.14 bits per heavy atom. The Balaban J connectivity index is 1.40. The molecule has 1 N–H and O–H groups in total. The van der Waals surface area contributed by atoms with E-state index in [1.807, 2.05) is 43.0 Å². The number of nitrogens with one attached hydrogen (secondary N) is 1. The first kappa shape index (κ1) is 18.6. The molecule has 3 heterocycles. The number of anilines is 1. The fraction of sp³-hybridized carbons (Fsp3) is 0.318. The van der Waals surface area contributed by atoms with Crippen LogP contribution in [0, 0.1) is 19.8 Å². The highest BCUT2D eigenvalue weighted by Gasteiger charge is 2.29. The van der Waals surface area contributed by atoms with Gasteiger partial charge in [0.05, 0.1) is 4.88 Å². The lowest BCUT2D eigenvalue weighted by Crippen LogP contribution is -2.41. The molecule has 144 valence electrons. The van der Waals surface area contributed by atoms with Crippen molar-refractivity contribution in [1.82, 2.24) is 9.88 Å². The summed E-state index contributed by atoms with van der Waals surface area (Å²) in [5.41, 5.74) is 2.11. The average molecular weight is 394 g/mol. The number of nitrogens with zero attached hydrogens (tertiary/aromatic N) is 2. The molecular weight excluding hydrogens is 370 g/mol. The quantitative estimate of drug-likeness (QED) is 0.717. The summed E-state index contributed by atoms with van der Waals surface area (Å²) in [7, 11) is 0. The van der Waals surface area contributed by atoms with E-state index in [-0.39, 0.29) is 17.7 Å². The smallest absolute Gasteiger partial charge is 0.264 e. The van der Waals surface area contributed by atoms with Crippen molar-refractivity contribution in [2.24, 2.45) is 5.92 Å². The number of carbonyl (C=O) groups excluding carboxylic acids is 2. The van der Waals surface area contributed by atoms with Crippen molar-refractivity contribution in [1.29, 1.82) is 0 Å². The Labute approximate surface area is 168 Å². The molecule has 28 heavy (non-hydrogen) atoms. The monoisotopic (exact) mass is 393 g/mol. The highest BCUT2D eigenvalue weighted by molar-refractivity contribution is 7.21. The first-order valence-electron chi connectivity index (χ1n) is 9.54. The summed E-state index contributed by atoms with van der Waals surface area (Å²) in [5, 5.41) is 4.05. The molecule has 0 saturated carbocycles. The number of amides is 2. The number of aromatic nitrogens is 1. The van der Waals surface area contributed by atoms with Crippen molar-refractivity contribution >= 4 is 39.1 Å². The molecule has 0 atom stereocenters. The average Bonchev–Trinajstić information content (AvgIpc) is 3.04. The first-order valence-corrected chi connectivity index (χ1v) is 10.4. The summed E-state index contributed by atoms with van der Waals surface area (Å²) in [4.78, 5) is 32.5. The summed E-state index contributed by atoms with van der Waals surface area (Å²) in [6.45, 7) is 5.19. The second-order valence-electron chi connectivity index (χ2n) is 7.33. The van der Waals surface area contributed by atoms with Gasteiger partial charge in [-0.15, -0.1) is 11.3 Å². The largest absolute Gasteiger partial charge is 0.338 e. The zero-order chi connectivity index (χ0) is 19.7. The summed E-state index contributed by atoms with van der Waals surface area (Å²) in [5.74, 6) is 0.570. The van der Waals surface area contributed by atoms with Gasteiger partial charge in [-0.1, -0.05) is 18.2 Å². The van der Waals surface area contributed by atoms with Gasteiger partial charge in [0.25, 0.3) is 5.91 Å². The molecule has 6 heteroatoms. The van der Waals surface area contributed by atoms with Crippen molar-refractivity contribution in [3.8, 4) is 0 Å². The summed E-state index contributed by atoms with van der Waals surface area (Å²) >= 11 is 1.56. The number of likely N-dealkylation sites (tertiary alicyclic amines) is 1. The summed E-state index contributed by atoms with van der Waals surface area (Å²) in [6, 6.07) is 11.9. The van der Waals surface area contributed by atoms with Crippen LogP contribution < -0.4 is 5.32 Å². The maximum absolute atomic E-state index is 13.0. The molecule has 4 rings (SSSR count). The lowest BCUT2D eigenvalue weighted by molar-refractivity contribution is -0.121. The van der Waals surface area contributed by atoms with Gasteiger partial charge in [0.15, 0.2) is 0 Å². The predicted molar refractivity (Wildman–Crippen MR) is 113 cm³/mol. The van der Waals surface area contributed by atoms with Crippen LogP contribution in [0.25, 0.3) is 10.1 Å². The van der Waals surface area contributed by atoms with Crippen LogP contribution in [-0.2, 0) is 4.79 Å². The standard InChI is InChI=1S/C22H23N3O2S/c1-14-7-10-23-19(13-14)24-21(26)16-8-11-25(12-9-16)22(27)20-15(2)17-5-3-4-6-18(17)28-20/h3-7,10,13,16H,8-9,11-12H2,1-2H3,(H,23,24,26). The summed E-state index contributed by atoms with van der Waals surface area (Å²) in [6.07, 6.45) is 3.04. The number of thiophene rings is 1. The number of benzene rings is 1. The fourth-order valence-corrected chi connectivity index (χ4v) is 4.88. The second kappa shape index (κ2) is 7.72. The lowest BCUT2D eigenvalue weighted by atomic mass is 9.95. The number of rotatable bonds is 3. The van der Waals surface area contributed by atoms with E-state index in [0.29, 0.717) is 31.7 Å². The highest BCUT2D eigenvalue weighted by atomic mass is 32.1. The summed E-state index contributed by atoms with van der Waals surface area (Å²) < 4.78 is 1.14. The third-order valence-electron chi connectivity index (χ3n) is 5.36. The Hall–Kier alpha value is -2.73. The molecule has 0 aliphatic carbocycles. The number of fused-ring (bicyclic) bond motifs is 1. The van der Waals surface area contributed by atoms with Crippen LogP contribution in [0.5, 0.6) is 0 Å². The van der Waals surface area contributed by atoms with Crippen LogP contribution in [0.1, 0.15) is 33.6 Å². The number of carbonyl (C=O) groups is 2. The normalized spacial score (nSPS) is 15.0. The maximum Gasteiger partial charge on any atom is 0.264 e. The third-order valence-corrected chi connectivity index (χ3v) is 6.62. The molecule has 1 aromatic carbocycles. The van der Waals surface area contributed by atoms with Crippen LogP contribution in [0.15, 0.2) is 42.6 Å². The van der Waals surface area contributed by atoms with Gasteiger partial charge < -0.3 is 10.2 Å². The van der Waals surface area contributed by atoms with Gasteiger partial charge >= 0.3 is 0 Å². The molecule has 2 amide bonds. The van der Waals surface area contributed by atoms with E-state index in [1.54, 1.807) is 17.5 Å². The second-order valence-corrected chi connectivity index (χ2v) is 8.38. The molecule has 0 spiro atoms. The molecule has 3 aromatic rings. The van der Waals surface area contributed by atoms with E-state index in [4.69, 9.17) is 0 Å². The van der Waals surface area contributed by atoms with Gasteiger partial charge in [-0.25, -0.2) is 4.98 Å². The van der Waals surface area contributed by atoms with Gasteiger partial charge in [0.1, 0.15) is 5.82 Å². The molecule has 1 aliphatic heterocycles. The van der Waals surface area contributed by atoms with E-state index in [9.17, 15) is 9.59 Å². The van der Waals surface area contributed by atoms with Gasteiger partial charge in [-0.05, 0) is 61.4 Å². The van der Waals surface area contributed by atoms with Crippen LogP contribution in [0.4, 0.5) is 5.82 Å². The van der Waals surface area contributed by atoms with E-state index >= 15 is 0 Å². The van der Waals surface area contributed by atoms with Crippen LogP contribution in [0.3, 0.4) is 0 Å². The SMILES string of the molecule is Cc1ccnc(NC(=O)C2CCN(C(=O)c3sc4ccccc4c3C)CC2)c1. The van der Waals surface area contributed by atoms with Crippen LogP contribution in [0.2, 0.25) is 0 Å². The molecule has 0 bridgehead atoms. The number of piperidine rings is 1. The minimum atomic E-state index is -0.0881. The van der Waals surface area contributed by atoms with Gasteiger partial charge in [0, 0.05) is 29.9 Å². The van der Waals surface area contributed by atoms with Gasteiger partial charge in [0.2, 0.25) is 5.91 Å². The molecule has 2 aromatic heterocycles. The van der Waals surface area contributed by atoms with E-state index in [1.165, 1.54) is 0 Å². The van der Waals surface area contributed by atoms with Crippen molar-refractivity contribution in [3.63, 3.8) is 0 Å². The Morgan fingerprint density at radius 2 is 1.89 bits per heavy atom. The lowest BCUT2D eigenvalue weighted by Gasteiger charge is -2.31. The molecule has 1 aliphatic rings. The molecule has 5 nitrogen and oxygen atoms in total. The van der Waals surface area contributed by atoms with Gasteiger partial charge in [-0.3, -0.25) is 9.59 Å². The minimum Gasteiger partial charge on any atom is -0.338 e. The van der Waals surface area contributed by atoms with E-state index in [0.717, 1.165) is 26.1 Å². The Kier molecular flexibility index (Phi) is 5.13. The predicted octanol–water partition coefficient (Wildman–Crippen LogP) is 4.40. The minimum absolute atomic E-state index is 0.0109. The number of aryl methyl sites for hydroxylation is 2. The highest BCUT2D eigenvalue weighted by Crippen LogP contribution is 2.32. The Morgan fingerprint density at radius 3 is 2.61 bits per heavy atom. The number of hydrogen-bond donors (Lipinski definition) is 1. The zero-order valence-corrected chi connectivity index (χ0v) is 16.9. The number of pyridine rings is 1. The van der Waals surface area contributed by atoms with Crippen molar-refractivity contribution in [3.05, 3.63) is 58.6 Å². The zero-order valence-electron chi connectivity index (χ0n) is 16.1. The molecule has 1 fully saturated rings. The first-order chi connectivity index (χ1) is 13.5. The number of hydrogen-bond acceptors (Lipinski definition) is 4. The fourth-order valence-electron chi connectivity index (χ4n) is 3.70. The Bertz CT molecular complexity index is 1040. The maximum atomic E-state index is 13.0. The molecule has 0 radical (unpaired) electrons. The van der Waals surface area contributed by atoms with E-state index < -0.39 is 0 Å². The van der Waals surface area contributed by atoms with E-state index in [2.05, 4.69) is 22.4 Å². The molecule has 1 saturated heterocycles. The van der Waals surface area contributed by atoms with Crippen molar-refractivity contribution in [2.45, 2.75) is 26.7 Å². The molecule has 0 unspecified atom stereocenters. The third kappa shape index (κ3) is 3.64. The van der Waals surface area contributed by atoms with Gasteiger partial charge in [-0.2, -0.15) is 0 Å². The van der Waals surface area contributed by atoms with Crippen LogP contribution in [-0.4, -0.2) is 34.8 Å². The topological polar surface area (TPSA) is 62.3 Å². The van der Waals surface area contributed by atoms with Crippen molar-refractivity contribution < 1.29 is 9.59 Å².